The summed E-state index contributed by atoms with van der Waals surface area (Å²) < 4.78 is 26.5. The lowest BCUT2D eigenvalue weighted by molar-refractivity contribution is -0.0621. The smallest absolute Gasteiger partial charge is 0.338 e. The first-order valence-corrected chi connectivity index (χ1v) is 16.4. The number of carbonyl (C=O) groups is 3. The van der Waals surface area contributed by atoms with Crippen LogP contribution in [-0.4, -0.2) is 62.3 Å². The van der Waals surface area contributed by atoms with Gasteiger partial charge in [0, 0.05) is 5.92 Å². The summed E-state index contributed by atoms with van der Waals surface area (Å²) in [5, 5.41) is 0. The Bertz CT molecular complexity index is 1930. The predicted molar refractivity (Wildman–Crippen MR) is 177 cm³/mol. The summed E-state index contributed by atoms with van der Waals surface area (Å²) in [6.45, 7) is -0.307. The average molecular weight is 662 g/mol. The van der Waals surface area contributed by atoms with Crippen molar-refractivity contribution in [3.8, 4) is 0 Å². The summed E-state index contributed by atoms with van der Waals surface area (Å²) in [6, 6.07) is 25.5. The SMILES string of the molecule is Nc1ncnc2c1nc(C1CCCCC1)n2[C@@H]1O[C@H](COC(=O)c2ccccc2)[C@@H](OC(=O)c2ccccc2)[C@H]1OC(=O)c1ccccc1. The summed E-state index contributed by atoms with van der Waals surface area (Å²) >= 11 is 0. The summed E-state index contributed by atoms with van der Waals surface area (Å²) in [4.78, 5) is 54.0. The second-order valence-corrected chi connectivity index (χ2v) is 12.1. The topological polar surface area (TPSA) is 158 Å². The molecule has 2 N–H and O–H groups in total. The molecule has 5 aromatic rings. The van der Waals surface area contributed by atoms with Crippen LogP contribution in [0, 0.1) is 0 Å². The highest BCUT2D eigenvalue weighted by atomic mass is 16.7. The molecule has 1 aliphatic carbocycles. The van der Waals surface area contributed by atoms with Gasteiger partial charge in [-0.3, -0.25) is 4.57 Å². The molecule has 4 atom stereocenters. The molecule has 2 fully saturated rings. The van der Waals surface area contributed by atoms with E-state index in [0.717, 1.165) is 32.1 Å². The van der Waals surface area contributed by atoms with Crippen LogP contribution in [0.4, 0.5) is 5.82 Å². The zero-order valence-electron chi connectivity index (χ0n) is 26.6. The molecule has 3 heterocycles. The molecule has 1 saturated carbocycles. The normalized spacial score (nSPS) is 20.9. The van der Waals surface area contributed by atoms with Gasteiger partial charge in [-0.1, -0.05) is 73.9 Å². The zero-order valence-corrected chi connectivity index (χ0v) is 26.6. The molecule has 0 radical (unpaired) electrons. The van der Waals surface area contributed by atoms with Crippen molar-refractivity contribution < 1.29 is 33.3 Å². The Balaban J connectivity index is 1.32. The first kappa shape index (κ1) is 32.0. The number of ether oxygens (including phenoxy) is 4. The van der Waals surface area contributed by atoms with E-state index in [1.807, 2.05) is 0 Å². The van der Waals surface area contributed by atoms with E-state index in [2.05, 4.69) is 9.97 Å². The Hall–Kier alpha value is -5.62. The van der Waals surface area contributed by atoms with Gasteiger partial charge in [0.15, 0.2) is 35.4 Å². The number of anilines is 1. The van der Waals surface area contributed by atoms with E-state index in [4.69, 9.17) is 29.7 Å². The molecule has 250 valence electrons. The molecule has 1 aliphatic heterocycles. The minimum absolute atomic E-state index is 0.0386. The number of nitrogens with two attached hydrogens (primary N) is 1. The van der Waals surface area contributed by atoms with Crippen LogP contribution in [-0.2, 0) is 18.9 Å². The number of hydrogen-bond acceptors (Lipinski definition) is 11. The molecular weight excluding hydrogens is 626 g/mol. The summed E-state index contributed by atoms with van der Waals surface area (Å²) in [5.41, 5.74) is 7.99. The van der Waals surface area contributed by atoms with Gasteiger partial charge in [-0.25, -0.2) is 29.3 Å². The van der Waals surface area contributed by atoms with Crippen molar-refractivity contribution in [1.29, 1.82) is 0 Å². The molecule has 2 aliphatic rings. The van der Waals surface area contributed by atoms with E-state index in [-0.39, 0.29) is 23.9 Å². The Labute approximate surface area is 282 Å². The average Bonchev–Trinajstić information content (AvgIpc) is 3.70. The van der Waals surface area contributed by atoms with E-state index < -0.39 is 42.4 Å². The fraction of sp³-hybridized carbons (Fsp3) is 0.297. The van der Waals surface area contributed by atoms with Crippen molar-refractivity contribution >= 4 is 34.9 Å². The van der Waals surface area contributed by atoms with Crippen LogP contribution in [0.3, 0.4) is 0 Å². The molecule has 1 saturated heterocycles. The van der Waals surface area contributed by atoms with E-state index in [1.165, 1.54) is 6.33 Å². The zero-order chi connectivity index (χ0) is 33.7. The lowest BCUT2D eigenvalue weighted by Gasteiger charge is -2.28. The number of benzene rings is 3. The summed E-state index contributed by atoms with van der Waals surface area (Å²) in [6.07, 6.45) is 1.69. The van der Waals surface area contributed by atoms with Crippen LogP contribution in [0.1, 0.15) is 81.1 Å². The molecule has 2 aromatic heterocycles. The standard InChI is InChI=1S/C37H35N5O7/c38-31-28-33(40-22-39-31)42(32(41-28)23-13-5-1-6-14-23)34-30(49-37(45)26-19-11-4-12-20-26)29(48-36(44)25-17-9-3-10-18-25)27(47-34)21-46-35(43)24-15-7-2-8-16-24/h2-4,7-12,15-20,22-23,27,29-30,34H,1,5-6,13-14,21H2,(H2,38,39,40)/t27-,29-,30-,34-/m1/s1. The van der Waals surface area contributed by atoms with Crippen LogP contribution < -0.4 is 5.73 Å². The van der Waals surface area contributed by atoms with Gasteiger partial charge in [0.1, 0.15) is 24.9 Å². The van der Waals surface area contributed by atoms with E-state index in [9.17, 15) is 14.4 Å². The van der Waals surface area contributed by atoms with Crippen molar-refractivity contribution in [1.82, 2.24) is 19.5 Å². The second kappa shape index (κ2) is 14.2. The second-order valence-electron chi connectivity index (χ2n) is 12.1. The van der Waals surface area contributed by atoms with Gasteiger partial charge in [-0.2, -0.15) is 0 Å². The fourth-order valence-electron chi connectivity index (χ4n) is 6.51. The highest BCUT2D eigenvalue weighted by molar-refractivity contribution is 5.91. The van der Waals surface area contributed by atoms with Gasteiger partial charge in [0.05, 0.1) is 16.7 Å². The number of rotatable bonds is 9. The van der Waals surface area contributed by atoms with Gasteiger partial charge in [-0.05, 0) is 49.2 Å². The molecular formula is C37H35N5O7. The fourth-order valence-corrected chi connectivity index (χ4v) is 6.51. The molecule has 3 aromatic carbocycles. The minimum Gasteiger partial charge on any atom is -0.459 e. The van der Waals surface area contributed by atoms with E-state index in [1.54, 1.807) is 95.6 Å². The number of imidazole rings is 1. The molecule has 7 rings (SSSR count). The van der Waals surface area contributed by atoms with Crippen LogP contribution in [0.5, 0.6) is 0 Å². The van der Waals surface area contributed by atoms with Crippen molar-refractivity contribution in [2.75, 3.05) is 12.3 Å². The van der Waals surface area contributed by atoms with Gasteiger partial charge in [-0.15, -0.1) is 0 Å². The molecule has 0 unspecified atom stereocenters. The van der Waals surface area contributed by atoms with Crippen LogP contribution in [0.15, 0.2) is 97.3 Å². The van der Waals surface area contributed by atoms with E-state index >= 15 is 0 Å². The Morgan fingerprint density at radius 1 is 0.735 bits per heavy atom. The highest BCUT2D eigenvalue weighted by Crippen LogP contribution is 2.42. The number of fused-ring (bicyclic) bond motifs is 1. The number of carbonyl (C=O) groups excluding carboxylic acids is 3. The van der Waals surface area contributed by atoms with Gasteiger partial charge in [0.2, 0.25) is 0 Å². The molecule has 0 amide bonds. The first-order chi connectivity index (χ1) is 24.0. The van der Waals surface area contributed by atoms with E-state index in [0.29, 0.717) is 28.1 Å². The minimum atomic E-state index is -1.21. The Morgan fingerprint density at radius 3 is 1.88 bits per heavy atom. The third-order valence-electron chi connectivity index (χ3n) is 8.94. The monoisotopic (exact) mass is 661 g/mol. The number of nitrogen functional groups attached to an aromatic ring is 1. The number of esters is 3. The van der Waals surface area contributed by atoms with Crippen molar-refractivity contribution in [3.05, 3.63) is 120 Å². The largest absolute Gasteiger partial charge is 0.459 e. The van der Waals surface area contributed by atoms with Crippen molar-refractivity contribution in [2.24, 2.45) is 0 Å². The number of nitrogens with zero attached hydrogens (tertiary/aromatic N) is 4. The Morgan fingerprint density at radius 2 is 1.29 bits per heavy atom. The molecule has 0 spiro atoms. The quantitative estimate of drug-likeness (QED) is 0.153. The van der Waals surface area contributed by atoms with Crippen LogP contribution >= 0.6 is 0 Å². The number of aromatic nitrogens is 4. The lowest BCUT2D eigenvalue weighted by Crippen LogP contribution is -2.41. The number of hydrogen-bond donors (Lipinski definition) is 1. The predicted octanol–water partition coefficient (Wildman–Crippen LogP) is 5.66. The molecule has 12 heteroatoms. The maximum Gasteiger partial charge on any atom is 0.338 e. The van der Waals surface area contributed by atoms with Crippen LogP contribution in [0.25, 0.3) is 11.2 Å². The lowest BCUT2D eigenvalue weighted by atomic mass is 9.88. The maximum atomic E-state index is 13.7. The third kappa shape index (κ3) is 6.72. The van der Waals surface area contributed by atoms with Crippen molar-refractivity contribution in [3.63, 3.8) is 0 Å². The molecule has 12 nitrogen and oxygen atoms in total. The Kier molecular flexibility index (Phi) is 9.29. The molecule has 0 bridgehead atoms. The van der Waals surface area contributed by atoms with Crippen molar-refractivity contribution in [2.45, 2.75) is 62.6 Å². The van der Waals surface area contributed by atoms with Gasteiger partial charge in [0.25, 0.3) is 0 Å². The van der Waals surface area contributed by atoms with Gasteiger partial charge < -0.3 is 24.7 Å². The summed E-state index contributed by atoms with van der Waals surface area (Å²) in [5.74, 6) is -1.02. The third-order valence-corrected chi connectivity index (χ3v) is 8.94. The van der Waals surface area contributed by atoms with Crippen LogP contribution in [0.2, 0.25) is 0 Å². The summed E-state index contributed by atoms with van der Waals surface area (Å²) in [7, 11) is 0. The van der Waals surface area contributed by atoms with Gasteiger partial charge >= 0.3 is 17.9 Å². The molecule has 49 heavy (non-hydrogen) atoms. The highest BCUT2D eigenvalue weighted by Gasteiger charge is 2.52. The maximum absolute atomic E-state index is 13.7. The first-order valence-electron chi connectivity index (χ1n) is 16.4.